The summed E-state index contributed by atoms with van der Waals surface area (Å²) in [4.78, 5) is 15.8. The van der Waals surface area contributed by atoms with Crippen LogP contribution < -0.4 is 10.6 Å². The Morgan fingerprint density at radius 3 is 2.43 bits per heavy atom. The van der Waals surface area contributed by atoms with E-state index in [1.54, 1.807) is 18.2 Å². The lowest BCUT2D eigenvalue weighted by atomic mass is 10.1. The topological polar surface area (TPSA) is 56.9 Å². The van der Waals surface area contributed by atoms with Crippen molar-refractivity contribution in [2.75, 3.05) is 10.6 Å². The van der Waals surface area contributed by atoms with E-state index in [9.17, 15) is 13.6 Å². The monoisotopic (exact) mass is 441 g/mol. The molecular weight excluding hydrogens is 428 g/mol. The molecule has 0 bridgehead atoms. The number of anilines is 2. The van der Waals surface area contributed by atoms with Crippen LogP contribution in [0.2, 0.25) is 0 Å². The number of hydrogen-bond donors (Lipinski definition) is 3. The maximum absolute atomic E-state index is 14.0. The maximum Gasteiger partial charge on any atom is 0.323 e. The maximum atomic E-state index is 14.0. The molecule has 7 heteroatoms. The van der Waals surface area contributed by atoms with Gasteiger partial charge in [-0.1, -0.05) is 34.1 Å². The smallest absolute Gasteiger partial charge is 0.323 e. The number of amides is 2. The molecule has 2 amide bonds. The number of urea groups is 1. The van der Waals surface area contributed by atoms with E-state index < -0.39 is 11.8 Å². The summed E-state index contributed by atoms with van der Waals surface area (Å²) in [5.74, 6) is -0.903. The molecule has 1 aromatic heterocycles. The third-order valence-corrected chi connectivity index (χ3v) is 4.75. The Morgan fingerprint density at radius 1 is 0.929 bits per heavy atom. The number of benzene rings is 3. The second kappa shape index (κ2) is 7.44. The summed E-state index contributed by atoms with van der Waals surface area (Å²) in [6.07, 6.45) is 0. The van der Waals surface area contributed by atoms with Gasteiger partial charge in [0.05, 0.1) is 17.1 Å². The molecular formula is C21H14BrF2N3O. The fraction of sp³-hybridized carbons (Fsp3) is 0. The minimum atomic E-state index is -0.589. The highest BCUT2D eigenvalue weighted by Crippen LogP contribution is 2.35. The molecule has 0 unspecified atom stereocenters. The van der Waals surface area contributed by atoms with E-state index in [2.05, 4.69) is 31.5 Å². The van der Waals surface area contributed by atoms with E-state index >= 15 is 0 Å². The van der Waals surface area contributed by atoms with Crippen molar-refractivity contribution in [1.82, 2.24) is 4.98 Å². The molecule has 3 aromatic carbocycles. The molecule has 0 saturated carbocycles. The molecule has 4 aromatic rings. The highest BCUT2D eigenvalue weighted by Gasteiger charge is 2.16. The van der Waals surface area contributed by atoms with Crippen molar-refractivity contribution in [3.63, 3.8) is 0 Å². The number of carbonyl (C=O) groups is 1. The van der Waals surface area contributed by atoms with Gasteiger partial charge in [-0.15, -0.1) is 0 Å². The highest BCUT2D eigenvalue weighted by molar-refractivity contribution is 9.10. The summed E-state index contributed by atoms with van der Waals surface area (Å²) >= 11 is 3.18. The van der Waals surface area contributed by atoms with Gasteiger partial charge in [0.25, 0.3) is 0 Å². The standard InChI is InChI=1S/C21H14BrF2N3O/c22-13-7-10-18(16(24)11-13)26-21(28)27-20-15-3-1-2-4-17(15)25-19(20)12-5-8-14(23)9-6-12/h1-11,25H,(H2,26,27,28). The molecule has 1 heterocycles. The second-order valence-corrected chi connectivity index (χ2v) is 7.05. The summed E-state index contributed by atoms with van der Waals surface area (Å²) in [7, 11) is 0. The van der Waals surface area contributed by atoms with Gasteiger partial charge in [0, 0.05) is 20.9 Å². The SMILES string of the molecule is O=C(Nc1ccc(Br)cc1F)Nc1c(-c2ccc(F)cc2)[nH]c2ccccc12. The van der Waals surface area contributed by atoms with Crippen molar-refractivity contribution in [2.24, 2.45) is 0 Å². The van der Waals surface area contributed by atoms with Gasteiger partial charge in [0.15, 0.2) is 0 Å². The van der Waals surface area contributed by atoms with E-state index in [0.29, 0.717) is 21.4 Å². The number of rotatable bonds is 3. The normalized spacial score (nSPS) is 10.8. The van der Waals surface area contributed by atoms with Gasteiger partial charge in [-0.05, 0) is 48.5 Å². The van der Waals surface area contributed by atoms with Crippen LogP contribution in [0.1, 0.15) is 0 Å². The average molecular weight is 442 g/mol. The molecule has 4 rings (SSSR count). The van der Waals surface area contributed by atoms with Crippen LogP contribution in [0.25, 0.3) is 22.2 Å². The first-order chi connectivity index (χ1) is 13.5. The quantitative estimate of drug-likeness (QED) is 0.333. The van der Waals surface area contributed by atoms with Gasteiger partial charge >= 0.3 is 6.03 Å². The van der Waals surface area contributed by atoms with Gasteiger partial charge in [-0.3, -0.25) is 0 Å². The minimum Gasteiger partial charge on any atom is -0.353 e. The molecule has 4 nitrogen and oxygen atoms in total. The Morgan fingerprint density at radius 2 is 1.68 bits per heavy atom. The van der Waals surface area contributed by atoms with Crippen LogP contribution in [0.5, 0.6) is 0 Å². The molecule has 140 valence electrons. The van der Waals surface area contributed by atoms with Crippen LogP contribution in [0, 0.1) is 11.6 Å². The zero-order valence-corrected chi connectivity index (χ0v) is 16.0. The first kappa shape index (κ1) is 18.2. The van der Waals surface area contributed by atoms with Gasteiger partial charge in [0.2, 0.25) is 0 Å². The number of halogens is 3. The predicted molar refractivity (Wildman–Crippen MR) is 110 cm³/mol. The third kappa shape index (κ3) is 3.61. The van der Waals surface area contributed by atoms with Crippen molar-refractivity contribution in [1.29, 1.82) is 0 Å². The Balaban J connectivity index is 1.70. The van der Waals surface area contributed by atoms with Crippen molar-refractivity contribution in [2.45, 2.75) is 0 Å². The van der Waals surface area contributed by atoms with Crippen LogP contribution >= 0.6 is 15.9 Å². The molecule has 28 heavy (non-hydrogen) atoms. The number of nitrogens with one attached hydrogen (secondary N) is 3. The summed E-state index contributed by atoms with van der Waals surface area (Å²) < 4.78 is 27.9. The van der Waals surface area contributed by atoms with E-state index in [-0.39, 0.29) is 11.5 Å². The molecule has 0 atom stereocenters. The molecule has 0 radical (unpaired) electrons. The second-order valence-electron chi connectivity index (χ2n) is 6.13. The van der Waals surface area contributed by atoms with Crippen LogP contribution in [0.4, 0.5) is 25.0 Å². The molecule has 0 aliphatic carbocycles. The van der Waals surface area contributed by atoms with Gasteiger partial charge < -0.3 is 15.6 Å². The lowest BCUT2D eigenvalue weighted by Crippen LogP contribution is -2.20. The molecule has 0 saturated heterocycles. The lowest BCUT2D eigenvalue weighted by Gasteiger charge is -2.10. The number of H-pyrrole nitrogens is 1. The van der Waals surface area contributed by atoms with E-state index in [1.807, 2.05) is 24.3 Å². The Hall–Kier alpha value is -3.19. The van der Waals surface area contributed by atoms with Crippen molar-refractivity contribution in [3.05, 3.63) is 82.8 Å². The molecule has 0 aliphatic rings. The van der Waals surface area contributed by atoms with Crippen molar-refractivity contribution < 1.29 is 13.6 Å². The average Bonchev–Trinajstić information content (AvgIpc) is 3.03. The Labute approximate surface area is 167 Å². The van der Waals surface area contributed by atoms with Gasteiger partial charge in [-0.2, -0.15) is 0 Å². The predicted octanol–water partition coefficient (Wildman–Crippen LogP) is 6.52. The van der Waals surface area contributed by atoms with Crippen LogP contribution in [0.15, 0.2) is 71.2 Å². The van der Waals surface area contributed by atoms with Crippen LogP contribution in [-0.2, 0) is 0 Å². The van der Waals surface area contributed by atoms with Crippen molar-refractivity contribution >= 4 is 44.2 Å². The first-order valence-electron chi connectivity index (χ1n) is 8.41. The molecule has 0 fully saturated rings. The molecule has 0 aliphatic heterocycles. The summed E-state index contributed by atoms with van der Waals surface area (Å²) in [5, 5.41) is 6.08. The first-order valence-corrected chi connectivity index (χ1v) is 9.20. The number of fused-ring (bicyclic) bond motifs is 1. The van der Waals surface area contributed by atoms with E-state index in [4.69, 9.17) is 0 Å². The zero-order chi connectivity index (χ0) is 19.7. The highest BCUT2D eigenvalue weighted by atomic mass is 79.9. The van der Waals surface area contributed by atoms with Gasteiger partial charge in [0.1, 0.15) is 11.6 Å². The van der Waals surface area contributed by atoms with Crippen LogP contribution in [-0.4, -0.2) is 11.0 Å². The Bertz CT molecular complexity index is 1170. The van der Waals surface area contributed by atoms with E-state index in [1.165, 1.54) is 24.3 Å². The largest absolute Gasteiger partial charge is 0.353 e. The lowest BCUT2D eigenvalue weighted by molar-refractivity contribution is 0.262. The fourth-order valence-electron chi connectivity index (χ4n) is 2.96. The van der Waals surface area contributed by atoms with E-state index in [0.717, 1.165) is 10.9 Å². The molecule has 0 spiro atoms. The summed E-state index contributed by atoms with van der Waals surface area (Å²) in [6.45, 7) is 0. The summed E-state index contributed by atoms with van der Waals surface area (Å²) in [6, 6.07) is 17.2. The Kier molecular flexibility index (Phi) is 4.83. The van der Waals surface area contributed by atoms with Crippen LogP contribution in [0.3, 0.4) is 0 Å². The number of aromatic nitrogens is 1. The number of hydrogen-bond acceptors (Lipinski definition) is 1. The third-order valence-electron chi connectivity index (χ3n) is 4.26. The summed E-state index contributed by atoms with van der Waals surface area (Å²) in [5.41, 5.74) is 2.74. The number of para-hydroxylation sites is 1. The minimum absolute atomic E-state index is 0.0591. The number of carbonyl (C=O) groups excluding carboxylic acids is 1. The zero-order valence-electron chi connectivity index (χ0n) is 14.4. The number of aromatic amines is 1. The fourth-order valence-corrected chi connectivity index (χ4v) is 3.30. The van der Waals surface area contributed by atoms with Gasteiger partial charge in [-0.25, -0.2) is 13.6 Å². The molecule has 3 N–H and O–H groups in total. The van der Waals surface area contributed by atoms with Crippen molar-refractivity contribution in [3.8, 4) is 11.3 Å².